The van der Waals surface area contributed by atoms with Crippen LogP contribution in [0.25, 0.3) is 0 Å². The Morgan fingerprint density at radius 1 is 1.35 bits per heavy atom. The van der Waals surface area contributed by atoms with E-state index in [1.807, 2.05) is 13.8 Å². The lowest BCUT2D eigenvalue weighted by Gasteiger charge is -2.05. The zero-order valence-corrected chi connectivity index (χ0v) is 15.2. The van der Waals surface area contributed by atoms with Crippen molar-refractivity contribution >= 4 is 38.7 Å². The minimum absolute atomic E-state index is 0.239. The number of aromatic nitrogens is 4. The van der Waals surface area contributed by atoms with E-state index in [4.69, 9.17) is 11.6 Å². The molecule has 1 N–H and O–H groups in total. The SMILES string of the molecule is Cc1nn(Cn2ccc(C(=O)NCCCC(=O)Cl)n2)c(C)c1Br. The Morgan fingerprint density at radius 2 is 2.09 bits per heavy atom. The summed E-state index contributed by atoms with van der Waals surface area (Å²) in [5.41, 5.74) is 2.22. The largest absolute Gasteiger partial charge is 0.351 e. The first-order valence-electron chi connectivity index (χ1n) is 7.08. The maximum absolute atomic E-state index is 11.9. The van der Waals surface area contributed by atoms with Crippen molar-refractivity contribution < 1.29 is 9.59 Å². The van der Waals surface area contributed by atoms with Gasteiger partial charge in [0.25, 0.3) is 5.91 Å². The van der Waals surface area contributed by atoms with E-state index in [1.165, 1.54) is 0 Å². The minimum atomic E-state index is -0.403. The quantitative estimate of drug-likeness (QED) is 0.569. The Kier molecular flexibility index (Phi) is 5.95. The summed E-state index contributed by atoms with van der Waals surface area (Å²) in [5.74, 6) is -0.277. The summed E-state index contributed by atoms with van der Waals surface area (Å²) >= 11 is 8.71. The van der Waals surface area contributed by atoms with Gasteiger partial charge in [0.1, 0.15) is 12.4 Å². The van der Waals surface area contributed by atoms with E-state index in [-0.39, 0.29) is 12.3 Å². The molecule has 0 aliphatic heterocycles. The van der Waals surface area contributed by atoms with Gasteiger partial charge in [-0.3, -0.25) is 14.3 Å². The van der Waals surface area contributed by atoms with Crippen molar-refractivity contribution in [3.05, 3.63) is 33.8 Å². The van der Waals surface area contributed by atoms with Gasteiger partial charge in [-0.05, 0) is 53.9 Å². The van der Waals surface area contributed by atoms with Crippen molar-refractivity contribution in [1.29, 1.82) is 0 Å². The van der Waals surface area contributed by atoms with Gasteiger partial charge in [0.15, 0.2) is 0 Å². The second-order valence-corrected chi connectivity index (χ2v) is 6.30. The molecule has 2 aromatic rings. The molecule has 0 radical (unpaired) electrons. The second kappa shape index (κ2) is 7.74. The fourth-order valence-corrected chi connectivity index (χ4v) is 2.45. The molecule has 0 saturated carbocycles. The number of aryl methyl sites for hydroxylation is 1. The lowest BCUT2D eigenvalue weighted by molar-refractivity contribution is -0.111. The summed E-state index contributed by atoms with van der Waals surface area (Å²) in [6.07, 6.45) is 2.47. The molecule has 9 heteroatoms. The van der Waals surface area contributed by atoms with Crippen molar-refractivity contribution in [1.82, 2.24) is 24.9 Å². The lowest BCUT2D eigenvalue weighted by Crippen LogP contribution is -2.25. The fourth-order valence-electron chi connectivity index (χ4n) is 2.03. The summed E-state index contributed by atoms with van der Waals surface area (Å²) in [7, 11) is 0. The van der Waals surface area contributed by atoms with Crippen LogP contribution in [-0.4, -0.2) is 37.3 Å². The summed E-state index contributed by atoms with van der Waals surface area (Å²) in [4.78, 5) is 22.6. The van der Waals surface area contributed by atoms with E-state index in [0.29, 0.717) is 25.3 Å². The monoisotopic (exact) mass is 401 g/mol. The minimum Gasteiger partial charge on any atom is -0.351 e. The van der Waals surface area contributed by atoms with Gasteiger partial charge in [-0.25, -0.2) is 4.68 Å². The summed E-state index contributed by atoms with van der Waals surface area (Å²) in [6.45, 7) is 4.68. The van der Waals surface area contributed by atoms with Gasteiger partial charge in [0.2, 0.25) is 5.24 Å². The molecule has 124 valence electrons. The average molecular weight is 403 g/mol. The highest BCUT2D eigenvalue weighted by Gasteiger charge is 2.12. The predicted octanol–water partition coefficient (Wildman–Crippen LogP) is 2.24. The predicted molar refractivity (Wildman–Crippen MR) is 89.5 cm³/mol. The van der Waals surface area contributed by atoms with E-state index < -0.39 is 5.24 Å². The molecular formula is C14H17BrClN5O2. The van der Waals surface area contributed by atoms with Crippen LogP contribution in [0.5, 0.6) is 0 Å². The maximum Gasteiger partial charge on any atom is 0.271 e. The Bertz CT molecular complexity index is 725. The highest BCUT2D eigenvalue weighted by atomic mass is 79.9. The Hall–Kier alpha value is -1.67. The van der Waals surface area contributed by atoms with Crippen LogP contribution in [0.3, 0.4) is 0 Å². The van der Waals surface area contributed by atoms with Crippen LogP contribution in [0.1, 0.15) is 34.7 Å². The highest BCUT2D eigenvalue weighted by molar-refractivity contribution is 9.10. The number of hydrogen-bond donors (Lipinski definition) is 1. The van der Waals surface area contributed by atoms with Crippen molar-refractivity contribution in [2.75, 3.05) is 6.54 Å². The average Bonchev–Trinajstić information content (AvgIpc) is 3.05. The highest BCUT2D eigenvalue weighted by Crippen LogP contribution is 2.19. The Balaban J connectivity index is 1.93. The summed E-state index contributed by atoms with van der Waals surface area (Å²) in [6, 6.07) is 1.64. The van der Waals surface area contributed by atoms with Gasteiger partial charge < -0.3 is 5.32 Å². The molecule has 1 amide bonds. The van der Waals surface area contributed by atoms with Crippen molar-refractivity contribution in [3.63, 3.8) is 0 Å². The van der Waals surface area contributed by atoms with Crippen LogP contribution in [0.4, 0.5) is 0 Å². The molecule has 0 atom stereocenters. The third-order valence-corrected chi connectivity index (χ3v) is 4.62. The molecule has 2 heterocycles. The molecule has 0 spiro atoms. The molecule has 0 aliphatic carbocycles. The van der Waals surface area contributed by atoms with Crippen LogP contribution >= 0.6 is 27.5 Å². The van der Waals surface area contributed by atoms with Gasteiger partial charge in [-0.2, -0.15) is 10.2 Å². The zero-order valence-electron chi connectivity index (χ0n) is 12.8. The number of amides is 1. The molecule has 0 saturated heterocycles. The van der Waals surface area contributed by atoms with Crippen molar-refractivity contribution in [3.8, 4) is 0 Å². The molecule has 0 bridgehead atoms. The van der Waals surface area contributed by atoms with Crippen LogP contribution in [-0.2, 0) is 11.5 Å². The van der Waals surface area contributed by atoms with Crippen LogP contribution in [0, 0.1) is 13.8 Å². The van der Waals surface area contributed by atoms with E-state index >= 15 is 0 Å². The maximum atomic E-state index is 11.9. The van der Waals surface area contributed by atoms with Crippen molar-refractivity contribution in [2.24, 2.45) is 0 Å². The number of rotatable bonds is 7. The van der Waals surface area contributed by atoms with E-state index in [0.717, 1.165) is 15.9 Å². The van der Waals surface area contributed by atoms with Gasteiger partial charge in [-0.1, -0.05) is 0 Å². The van der Waals surface area contributed by atoms with E-state index in [9.17, 15) is 9.59 Å². The van der Waals surface area contributed by atoms with Crippen molar-refractivity contribution in [2.45, 2.75) is 33.4 Å². The first kappa shape index (κ1) is 17.7. The standard InChI is InChI=1S/C14H17BrClN5O2/c1-9-13(15)10(2)21(18-9)8-20-7-5-11(19-20)14(23)17-6-3-4-12(16)22/h5,7H,3-4,6,8H2,1-2H3,(H,17,23). The molecule has 0 aliphatic rings. The van der Waals surface area contributed by atoms with Crippen LogP contribution in [0.2, 0.25) is 0 Å². The molecule has 0 aromatic carbocycles. The number of carbonyl (C=O) groups is 2. The number of nitrogens with zero attached hydrogens (tertiary/aromatic N) is 4. The van der Waals surface area contributed by atoms with Crippen LogP contribution in [0.15, 0.2) is 16.7 Å². The first-order valence-corrected chi connectivity index (χ1v) is 8.25. The number of nitrogens with one attached hydrogen (secondary N) is 1. The van der Waals surface area contributed by atoms with Gasteiger partial charge in [-0.15, -0.1) is 0 Å². The third kappa shape index (κ3) is 4.65. The van der Waals surface area contributed by atoms with Gasteiger partial charge in [0.05, 0.1) is 15.9 Å². The second-order valence-electron chi connectivity index (χ2n) is 5.08. The van der Waals surface area contributed by atoms with Crippen LogP contribution < -0.4 is 5.32 Å². The molecule has 7 nitrogen and oxygen atoms in total. The zero-order chi connectivity index (χ0) is 17.0. The topological polar surface area (TPSA) is 81.8 Å². The Morgan fingerprint density at radius 3 is 2.70 bits per heavy atom. The summed E-state index contributed by atoms with van der Waals surface area (Å²) in [5, 5.41) is 10.9. The first-order chi connectivity index (χ1) is 10.9. The number of halogens is 2. The molecule has 0 fully saturated rings. The van der Waals surface area contributed by atoms with E-state index in [2.05, 4.69) is 31.4 Å². The third-order valence-electron chi connectivity index (χ3n) is 3.28. The fraction of sp³-hybridized carbons (Fsp3) is 0.429. The van der Waals surface area contributed by atoms with E-state index in [1.54, 1.807) is 21.6 Å². The molecule has 2 rings (SSSR count). The molecule has 2 aromatic heterocycles. The molecular weight excluding hydrogens is 386 g/mol. The molecule has 23 heavy (non-hydrogen) atoms. The lowest BCUT2D eigenvalue weighted by atomic mass is 10.3. The number of hydrogen-bond acceptors (Lipinski definition) is 4. The normalized spacial score (nSPS) is 10.8. The summed E-state index contributed by atoms with van der Waals surface area (Å²) < 4.78 is 4.42. The smallest absolute Gasteiger partial charge is 0.271 e. The number of carbonyl (C=O) groups excluding carboxylic acids is 2. The van der Waals surface area contributed by atoms with Gasteiger partial charge >= 0.3 is 0 Å². The Labute approximate surface area is 147 Å². The van der Waals surface area contributed by atoms with Gasteiger partial charge in [0, 0.05) is 19.2 Å². The molecule has 0 unspecified atom stereocenters.